The van der Waals surface area contributed by atoms with E-state index in [0.29, 0.717) is 6.04 Å². The number of urea groups is 1. The molecular weight excluding hydrogens is 288 g/mol. The summed E-state index contributed by atoms with van der Waals surface area (Å²) in [7, 11) is 0. The Morgan fingerprint density at radius 2 is 2.04 bits per heavy atom. The van der Waals surface area contributed by atoms with Gasteiger partial charge in [-0.15, -0.1) is 6.58 Å². The van der Waals surface area contributed by atoms with Gasteiger partial charge in [-0.25, -0.2) is 4.79 Å². The molecule has 1 aliphatic carbocycles. The predicted octanol–water partition coefficient (Wildman–Crippen LogP) is 2.83. The van der Waals surface area contributed by atoms with E-state index in [1.54, 1.807) is 0 Å². The van der Waals surface area contributed by atoms with Crippen molar-refractivity contribution in [1.82, 2.24) is 15.5 Å². The molecule has 2 heterocycles. The van der Waals surface area contributed by atoms with E-state index in [2.05, 4.69) is 22.2 Å². The van der Waals surface area contributed by atoms with E-state index in [9.17, 15) is 4.79 Å². The third kappa shape index (κ3) is 3.44. The lowest BCUT2D eigenvalue weighted by Crippen LogP contribution is -2.61. The molecule has 0 bridgehead atoms. The highest BCUT2D eigenvalue weighted by Crippen LogP contribution is 2.34. The lowest BCUT2D eigenvalue weighted by Gasteiger charge is -2.43. The number of rotatable bonds is 5. The maximum Gasteiger partial charge on any atom is 0.346 e. The van der Waals surface area contributed by atoms with Crippen LogP contribution in [0.5, 0.6) is 0 Å². The minimum atomic E-state index is -0.194. The van der Waals surface area contributed by atoms with E-state index in [4.69, 9.17) is 0 Å². The highest BCUT2D eigenvalue weighted by Gasteiger charge is 2.50. The molecule has 1 saturated carbocycles. The third-order valence-electron chi connectivity index (χ3n) is 5.56. The summed E-state index contributed by atoms with van der Waals surface area (Å²) in [4.78, 5) is 19.0. The van der Waals surface area contributed by atoms with Gasteiger partial charge in [-0.2, -0.15) is 4.99 Å². The van der Waals surface area contributed by atoms with E-state index < -0.39 is 0 Å². The maximum absolute atomic E-state index is 12.5. The molecule has 0 aromatic carbocycles. The fourth-order valence-corrected chi connectivity index (χ4v) is 4.23. The Kier molecular flexibility index (Phi) is 5.36. The van der Waals surface area contributed by atoms with Gasteiger partial charge in [0.1, 0.15) is 11.4 Å². The van der Waals surface area contributed by atoms with Crippen LogP contribution in [0.3, 0.4) is 0 Å². The summed E-state index contributed by atoms with van der Waals surface area (Å²) >= 11 is 0. The van der Waals surface area contributed by atoms with Crippen molar-refractivity contribution in [3.63, 3.8) is 0 Å². The molecule has 0 aromatic rings. The number of hydrogen-bond acceptors (Lipinski definition) is 3. The van der Waals surface area contributed by atoms with Crippen LogP contribution in [0.25, 0.3) is 0 Å². The standard InChI is InChI=1S/C18H30N4O/c1-2-3-7-14-22-17(23)21-16(18(22)10-12-19-13-11-18)20-15-8-5-4-6-9-15/h2,15,19H,1,3-14H2,(H,20,21,23). The van der Waals surface area contributed by atoms with Gasteiger partial charge in [-0.05, 0) is 51.6 Å². The van der Waals surface area contributed by atoms with Crippen LogP contribution >= 0.6 is 0 Å². The highest BCUT2D eigenvalue weighted by molar-refractivity contribution is 6.06. The molecule has 5 nitrogen and oxygen atoms in total. The van der Waals surface area contributed by atoms with Crippen LogP contribution in [0.4, 0.5) is 4.79 Å². The van der Waals surface area contributed by atoms with Crippen LogP contribution < -0.4 is 10.6 Å². The molecule has 128 valence electrons. The van der Waals surface area contributed by atoms with Gasteiger partial charge in [0, 0.05) is 12.6 Å². The van der Waals surface area contributed by atoms with Gasteiger partial charge in [0.05, 0.1) is 0 Å². The van der Waals surface area contributed by atoms with Gasteiger partial charge in [0.15, 0.2) is 0 Å². The first kappa shape index (κ1) is 16.5. The zero-order valence-corrected chi connectivity index (χ0v) is 14.1. The van der Waals surface area contributed by atoms with Crippen LogP contribution in [0.15, 0.2) is 17.6 Å². The van der Waals surface area contributed by atoms with Crippen molar-refractivity contribution in [2.45, 2.75) is 69.4 Å². The summed E-state index contributed by atoms with van der Waals surface area (Å²) in [6.07, 6.45) is 12.1. The van der Waals surface area contributed by atoms with E-state index in [-0.39, 0.29) is 11.6 Å². The second-order valence-corrected chi connectivity index (χ2v) is 7.09. The summed E-state index contributed by atoms with van der Waals surface area (Å²) in [5.41, 5.74) is -0.194. The zero-order valence-electron chi connectivity index (χ0n) is 14.1. The van der Waals surface area contributed by atoms with Crippen molar-refractivity contribution >= 4 is 11.9 Å². The molecule has 0 radical (unpaired) electrons. The Hall–Kier alpha value is -1.36. The van der Waals surface area contributed by atoms with E-state index in [1.807, 2.05) is 11.0 Å². The highest BCUT2D eigenvalue weighted by atomic mass is 16.2. The topological polar surface area (TPSA) is 56.7 Å². The number of carbonyl (C=O) groups is 1. The quantitative estimate of drug-likeness (QED) is 0.605. The smallest absolute Gasteiger partial charge is 0.346 e. The van der Waals surface area contributed by atoms with E-state index in [0.717, 1.165) is 51.2 Å². The van der Waals surface area contributed by atoms with Gasteiger partial charge in [-0.3, -0.25) is 0 Å². The van der Waals surface area contributed by atoms with Gasteiger partial charge < -0.3 is 15.5 Å². The normalized spacial score (nSPS) is 24.8. The minimum Gasteiger partial charge on any atom is -0.369 e. The monoisotopic (exact) mass is 318 g/mol. The third-order valence-corrected chi connectivity index (χ3v) is 5.56. The van der Waals surface area contributed by atoms with Crippen LogP contribution in [-0.2, 0) is 0 Å². The molecule has 5 heteroatoms. The van der Waals surface area contributed by atoms with Gasteiger partial charge in [0.2, 0.25) is 0 Å². The lowest BCUT2D eigenvalue weighted by molar-refractivity contribution is 0.145. The molecule has 1 spiro atoms. The van der Waals surface area contributed by atoms with Crippen molar-refractivity contribution in [2.24, 2.45) is 4.99 Å². The fraction of sp³-hybridized carbons (Fsp3) is 0.778. The van der Waals surface area contributed by atoms with Crippen molar-refractivity contribution < 1.29 is 4.79 Å². The summed E-state index contributed by atoms with van der Waals surface area (Å²) in [5, 5.41) is 7.09. The maximum atomic E-state index is 12.5. The number of nitrogens with zero attached hydrogens (tertiary/aromatic N) is 2. The molecule has 0 aromatic heterocycles. The van der Waals surface area contributed by atoms with Crippen LogP contribution in [-0.4, -0.2) is 48.0 Å². The first-order valence-corrected chi connectivity index (χ1v) is 9.25. The van der Waals surface area contributed by atoms with Crippen LogP contribution in [0.1, 0.15) is 57.8 Å². The van der Waals surface area contributed by atoms with Crippen LogP contribution in [0.2, 0.25) is 0 Å². The summed E-state index contributed by atoms with van der Waals surface area (Å²) in [5.74, 6) is 0.953. The minimum absolute atomic E-state index is 0.0470. The largest absolute Gasteiger partial charge is 0.369 e. The molecule has 2 amide bonds. The Bertz CT molecular complexity index is 462. The summed E-state index contributed by atoms with van der Waals surface area (Å²) < 4.78 is 0. The van der Waals surface area contributed by atoms with Gasteiger partial charge in [-0.1, -0.05) is 25.3 Å². The molecule has 2 aliphatic heterocycles. The Morgan fingerprint density at radius 1 is 1.30 bits per heavy atom. The zero-order chi connectivity index (χ0) is 16.1. The fourth-order valence-electron chi connectivity index (χ4n) is 4.23. The second kappa shape index (κ2) is 7.47. The molecular formula is C18H30N4O. The van der Waals surface area contributed by atoms with Gasteiger partial charge in [0.25, 0.3) is 0 Å². The number of amides is 2. The Morgan fingerprint density at radius 3 is 2.74 bits per heavy atom. The van der Waals surface area contributed by atoms with Crippen molar-refractivity contribution in [2.75, 3.05) is 19.6 Å². The number of nitrogens with one attached hydrogen (secondary N) is 2. The Balaban J connectivity index is 1.74. The number of amidine groups is 1. The molecule has 1 saturated heterocycles. The molecule has 2 N–H and O–H groups in total. The van der Waals surface area contributed by atoms with E-state index in [1.165, 1.54) is 32.1 Å². The van der Waals surface area contributed by atoms with Crippen molar-refractivity contribution in [3.05, 3.63) is 12.7 Å². The predicted molar refractivity (Wildman–Crippen MR) is 93.8 cm³/mol. The number of hydrogen-bond donors (Lipinski definition) is 2. The van der Waals surface area contributed by atoms with Crippen LogP contribution in [0, 0.1) is 0 Å². The Labute approximate surface area is 139 Å². The van der Waals surface area contributed by atoms with Crippen molar-refractivity contribution in [1.29, 1.82) is 0 Å². The molecule has 2 fully saturated rings. The lowest BCUT2D eigenvalue weighted by atomic mass is 9.84. The number of carbonyl (C=O) groups excluding carboxylic acids is 1. The molecule has 0 atom stereocenters. The van der Waals surface area contributed by atoms with Gasteiger partial charge >= 0.3 is 6.03 Å². The van der Waals surface area contributed by atoms with E-state index >= 15 is 0 Å². The molecule has 3 rings (SSSR count). The average molecular weight is 318 g/mol. The number of unbranched alkanes of at least 4 members (excludes halogenated alkanes) is 1. The first-order chi connectivity index (χ1) is 11.3. The number of piperidine rings is 1. The molecule has 23 heavy (non-hydrogen) atoms. The van der Waals surface area contributed by atoms with Crippen molar-refractivity contribution in [3.8, 4) is 0 Å². The summed E-state index contributed by atoms with van der Waals surface area (Å²) in [6.45, 7) is 6.48. The summed E-state index contributed by atoms with van der Waals surface area (Å²) in [6, 6.07) is 0.449. The SMILES string of the molecule is C=CCCCN1C(=O)N=C(NC2CCCCC2)C12CCNCC2. The number of allylic oxidation sites excluding steroid dienone is 1. The molecule has 0 unspecified atom stereocenters. The molecule has 3 aliphatic rings. The average Bonchev–Trinajstić information content (AvgIpc) is 2.82. The second-order valence-electron chi connectivity index (χ2n) is 7.09. The first-order valence-electron chi connectivity index (χ1n) is 9.25. The number of aliphatic imine (C=N–C) groups is 1.